The summed E-state index contributed by atoms with van der Waals surface area (Å²) in [6.45, 7) is -0.0287. The standard InChI is InChI=1S/C12H8ClFN2O3/c13-9-5-8(14)2-1-7(9)6-16-11(17)4-3-10(15-16)12(18)19/h1-5H,6H2,(H,18,19). The minimum Gasteiger partial charge on any atom is -0.476 e. The van der Waals surface area contributed by atoms with Crippen molar-refractivity contribution in [2.45, 2.75) is 6.54 Å². The monoisotopic (exact) mass is 282 g/mol. The van der Waals surface area contributed by atoms with Crippen molar-refractivity contribution < 1.29 is 14.3 Å². The average Bonchev–Trinajstić information content (AvgIpc) is 2.34. The van der Waals surface area contributed by atoms with Crippen molar-refractivity contribution in [1.82, 2.24) is 9.78 Å². The molecule has 0 spiro atoms. The van der Waals surface area contributed by atoms with Crippen LogP contribution in [0.25, 0.3) is 0 Å². The SMILES string of the molecule is O=C(O)c1ccc(=O)n(Cc2ccc(F)cc2Cl)n1. The van der Waals surface area contributed by atoms with E-state index >= 15 is 0 Å². The van der Waals surface area contributed by atoms with Gasteiger partial charge in [0.1, 0.15) is 5.82 Å². The van der Waals surface area contributed by atoms with Gasteiger partial charge in [0.05, 0.1) is 6.54 Å². The number of hydrogen-bond acceptors (Lipinski definition) is 3. The lowest BCUT2D eigenvalue weighted by Gasteiger charge is -2.07. The summed E-state index contributed by atoms with van der Waals surface area (Å²) in [7, 11) is 0. The second-order valence-electron chi connectivity index (χ2n) is 3.76. The van der Waals surface area contributed by atoms with Gasteiger partial charge in [-0.1, -0.05) is 17.7 Å². The zero-order valence-corrected chi connectivity index (χ0v) is 10.3. The maximum Gasteiger partial charge on any atom is 0.356 e. The summed E-state index contributed by atoms with van der Waals surface area (Å²) in [5.74, 6) is -1.73. The largest absolute Gasteiger partial charge is 0.476 e. The number of nitrogens with zero attached hydrogens (tertiary/aromatic N) is 2. The van der Waals surface area contributed by atoms with Gasteiger partial charge >= 0.3 is 5.97 Å². The second-order valence-corrected chi connectivity index (χ2v) is 4.16. The van der Waals surface area contributed by atoms with Gasteiger partial charge in [0.15, 0.2) is 5.69 Å². The van der Waals surface area contributed by atoms with Crippen LogP contribution in [-0.2, 0) is 6.54 Å². The number of carbonyl (C=O) groups is 1. The fraction of sp³-hybridized carbons (Fsp3) is 0.0833. The van der Waals surface area contributed by atoms with E-state index in [0.717, 1.165) is 22.9 Å². The molecule has 1 N–H and O–H groups in total. The topological polar surface area (TPSA) is 72.2 Å². The lowest BCUT2D eigenvalue weighted by molar-refractivity contribution is 0.0687. The van der Waals surface area contributed by atoms with Gasteiger partial charge in [-0.2, -0.15) is 5.10 Å². The molecule has 5 nitrogen and oxygen atoms in total. The smallest absolute Gasteiger partial charge is 0.356 e. The molecule has 0 aliphatic rings. The predicted molar refractivity (Wildman–Crippen MR) is 66.0 cm³/mol. The zero-order chi connectivity index (χ0) is 14.0. The van der Waals surface area contributed by atoms with Crippen molar-refractivity contribution in [3.8, 4) is 0 Å². The Morgan fingerprint density at radius 1 is 1.37 bits per heavy atom. The zero-order valence-electron chi connectivity index (χ0n) is 9.51. The molecule has 0 radical (unpaired) electrons. The maximum absolute atomic E-state index is 12.9. The molecule has 0 aliphatic heterocycles. The van der Waals surface area contributed by atoms with Crippen LogP contribution in [0.4, 0.5) is 4.39 Å². The van der Waals surface area contributed by atoms with E-state index < -0.39 is 17.3 Å². The normalized spacial score (nSPS) is 10.4. The van der Waals surface area contributed by atoms with E-state index in [2.05, 4.69) is 5.10 Å². The Morgan fingerprint density at radius 2 is 2.11 bits per heavy atom. The molecule has 0 saturated heterocycles. The molecule has 1 aromatic carbocycles. The molecule has 19 heavy (non-hydrogen) atoms. The number of carboxylic acids is 1. The first-order valence-corrected chi connectivity index (χ1v) is 5.60. The minimum absolute atomic E-state index is 0.0287. The summed E-state index contributed by atoms with van der Waals surface area (Å²) < 4.78 is 13.9. The number of benzene rings is 1. The molecular formula is C12H8ClFN2O3. The Labute approximate surface area is 111 Å². The molecule has 0 saturated carbocycles. The Balaban J connectivity index is 2.40. The van der Waals surface area contributed by atoms with Gasteiger partial charge in [-0.25, -0.2) is 13.9 Å². The Kier molecular flexibility index (Phi) is 3.62. The van der Waals surface area contributed by atoms with Gasteiger partial charge in [0.2, 0.25) is 0 Å². The highest BCUT2D eigenvalue weighted by Crippen LogP contribution is 2.17. The first kappa shape index (κ1) is 13.2. The Bertz CT molecular complexity index is 700. The van der Waals surface area contributed by atoms with Crippen LogP contribution in [0.3, 0.4) is 0 Å². The number of aromatic carboxylic acids is 1. The van der Waals surface area contributed by atoms with Crippen LogP contribution in [0.2, 0.25) is 5.02 Å². The molecule has 0 fully saturated rings. The number of halogens is 2. The van der Waals surface area contributed by atoms with Crippen molar-refractivity contribution >= 4 is 17.6 Å². The van der Waals surface area contributed by atoms with E-state index in [1.54, 1.807) is 0 Å². The lowest BCUT2D eigenvalue weighted by atomic mass is 10.2. The fourth-order valence-electron chi connectivity index (χ4n) is 1.49. The van der Waals surface area contributed by atoms with Crippen molar-refractivity contribution in [2.24, 2.45) is 0 Å². The molecule has 7 heteroatoms. The van der Waals surface area contributed by atoms with E-state index in [-0.39, 0.29) is 17.3 Å². The maximum atomic E-state index is 12.9. The van der Waals surface area contributed by atoms with E-state index in [9.17, 15) is 14.0 Å². The van der Waals surface area contributed by atoms with Crippen LogP contribution in [0.5, 0.6) is 0 Å². The van der Waals surface area contributed by atoms with Gasteiger partial charge in [0, 0.05) is 11.1 Å². The molecule has 98 valence electrons. The molecule has 0 amide bonds. The molecule has 2 rings (SSSR count). The summed E-state index contributed by atoms with van der Waals surface area (Å²) in [5, 5.41) is 12.6. The summed E-state index contributed by atoms with van der Waals surface area (Å²) in [4.78, 5) is 22.3. The van der Waals surface area contributed by atoms with Gasteiger partial charge in [-0.15, -0.1) is 0 Å². The number of aromatic nitrogens is 2. The summed E-state index contributed by atoms with van der Waals surface area (Å²) in [6, 6.07) is 5.96. The second kappa shape index (κ2) is 5.19. The van der Waals surface area contributed by atoms with Crippen molar-refractivity contribution in [1.29, 1.82) is 0 Å². The van der Waals surface area contributed by atoms with Gasteiger partial charge in [0.25, 0.3) is 5.56 Å². The van der Waals surface area contributed by atoms with Crippen molar-refractivity contribution in [2.75, 3.05) is 0 Å². The first-order chi connectivity index (χ1) is 8.97. The third-order valence-electron chi connectivity index (χ3n) is 2.42. The fourth-order valence-corrected chi connectivity index (χ4v) is 1.71. The molecule has 1 heterocycles. The van der Waals surface area contributed by atoms with Crippen LogP contribution < -0.4 is 5.56 Å². The van der Waals surface area contributed by atoms with Crippen LogP contribution in [0.15, 0.2) is 35.1 Å². The molecule has 0 bridgehead atoms. The highest BCUT2D eigenvalue weighted by atomic mass is 35.5. The molecule has 2 aromatic rings. The first-order valence-electron chi connectivity index (χ1n) is 5.23. The van der Waals surface area contributed by atoms with Crippen molar-refractivity contribution in [3.05, 3.63) is 62.8 Å². The molecular weight excluding hydrogens is 275 g/mol. The van der Waals surface area contributed by atoms with E-state index in [1.807, 2.05) is 0 Å². The summed E-state index contributed by atoms with van der Waals surface area (Å²) >= 11 is 5.83. The van der Waals surface area contributed by atoms with Crippen LogP contribution in [-0.4, -0.2) is 20.9 Å². The highest BCUT2D eigenvalue weighted by molar-refractivity contribution is 6.31. The van der Waals surface area contributed by atoms with Crippen LogP contribution >= 0.6 is 11.6 Å². The number of rotatable bonds is 3. The molecule has 0 aliphatic carbocycles. The Morgan fingerprint density at radius 3 is 2.74 bits per heavy atom. The molecule has 0 atom stereocenters. The van der Waals surface area contributed by atoms with Gasteiger partial charge < -0.3 is 5.11 Å². The van der Waals surface area contributed by atoms with Crippen LogP contribution in [0, 0.1) is 5.82 Å². The van der Waals surface area contributed by atoms with Crippen molar-refractivity contribution in [3.63, 3.8) is 0 Å². The third kappa shape index (κ3) is 2.97. The lowest BCUT2D eigenvalue weighted by Crippen LogP contribution is -2.25. The Hall–Kier alpha value is -2.21. The van der Waals surface area contributed by atoms with Crippen LogP contribution in [0.1, 0.15) is 16.1 Å². The van der Waals surface area contributed by atoms with Gasteiger partial charge in [-0.3, -0.25) is 4.79 Å². The van der Waals surface area contributed by atoms with E-state index in [1.165, 1.54) is 12.1 Å². The molecule has 1 aromatic heterocycles. The van der Waals surface area contributed by atoms with E-state index in [4.69, 9.17) is 16.7 Å². The molecule has 0 unspecified atom stereocenters. The van der Waals surface area contributed by atoms with E-state index in [0.29, 0.717) is 5.56 Å². The predicted octanol–water partition coefficient (Wildman–Crippen LogP) is 1.78. The highest BCUT2D eigenvalue weighted by Gasteiger charge is 2.09. The average molecular weight is 283 g/mol. The number of hydrogen-bond donors (Lipinski definition) is 1. The van der Waals surface area contributed by atoms with Gasteiger partial charge in [-0.05, 0) is 23.8 Å². The summed E-state index contributed by atoms with van der Waals surface area (Å²) in [6.07, 6.45) is 0. The third-order valence-corrected chi connectivity index (χ3v) is 2.77. The quantitative estimate of drug-likeness (QED) is 0.931. The number of carboxylic acid groups (broad SMARTS) is 1. The minimum atomic E-state index is -1.24. The summed E-state index contributed by atoms with van der Waals surface area (Å²) in [5.41, 5.74) is -0.247.